The minimum absolute atomic E-state index is 0.0103. The van der Waals surface area contributed by atoms with Gasteiger partial charge in [-0.05, 0) is 42.5 Å². The highest BCUT2D eigenvalue weighted by molar-refractivity contribution is 7.99. The number of carbonyl (C=O) groups is 1. The summed E-state index contributed by atoms with van der Waals surface area (Å²) >= 11 is 13.1. The van der Waals surface area contributed by atoms with Gasteiger partial charge in [0.15, 0.2) is 11.0 Å². The Balaban J connectivity index is 1.50. The van der Waals surface area contributed by atoms with Crippen molar-refractivity contribution in [2.75, 3.05) is 11.1 Å². The van der Waals surface area contributed by atoms with Gasteiger partial charge in [0.1, 0.15) is 18.1 Å². The molecule has 0 aliphatic carbocycles. The minimum atomic E-state index is -2.90. The fourth-order valence-electron chi connectivity index (χ4n) is 2.38. The molecule has 0 saturated carbocycles. The molecule has 2 aromatic carbocycles. The van der Waals surface area contributed by atoms with Gasteiger partial charge < -0.3 is 19.4 Å². The van der Waals surface area contributed by atoms with Gasteiger partial charge in [0.25, 0.3) is 0 Å². The molecule has 0 bridgehead atoms. The molecule has 0 atom stereocenters. The normalized spacial score (nSPS) is 10.9. The number of thioether (sulfide) groups is 1. The molecule has 0 radical (unpaired) electrons. The van der Waals surface area contributed by atoms with E-state index in [1.165, 1.54) is 36.0 Å². The molecule has 0 fully saturated rings. The van der Waals surface area contributed by atoms with E-state index in [4.69, 9.17) is 27.9 Å². The van der Waals surface area contributed by atoms with E-state index in [1.807, 2.05) is 0 Å². The number of aromatic nitrogens is 3. The lowest BCUT2D eigenvalue weighted by Crippen LogP contribution is -2.14. The zero-order chi connectivity index (χ0) is 22.4. The number of rotatable bonds is 9. The first-order chi connectivity index (χ1) is 14.8. The second-order valence-corrected chi connectivity index (χ2v) is 7.85. The summed E-state index contributed by atoms with van der Waals surface area (Å²) in [4.78, 5) is 12.2. The van der Waals surface area contributed by atoms with E-state index in [-0.39, 0.29) is 24.0 Å². The van der Waals surface area contributed by atoms with E-state index < -0.39 is 6.61 Å². The number of nitrogens with zero attached hydrogens (tertiary/aromatic N) is 3. The van der Waals surface area contributed by atoms with Crippen molar-refractivity contribution in [1.29, 1.82) is 0 Å². The highest BCUT2D eigenvalue weighted by atomic mass is 35.5. The number of alkyl halides is 2. The van der Waals surface area contributed by atoms with Crippen LogP contribution in [0.5, 0.6) is 11.5 Å². The lowest BCUT2D eigenvalue weighted by atomic mass is 10.3. The summed E-state index contributed by atoms with van der Waals surface area (Å²) in [6, 6.07) is 10.5. The van der Waals surface area contributed by atoms with Crippen molar-refractivity contribution in [2.24, 2.45) is 7.05 Å². The summed E-state index contributed by atoms with van der Waals surface area (Å²) in [6.45, 7) is -2.77. The van der Waals surface area contributed by atoms with Crippen LogP contribution in [0.4, 0.5) is 14.5 Å². The smallest absolute Gasteiger partial charge is 0.387 e. The molecule has 0 aliphatic rings. The largest absolute Gasteiger partial charge is 0.484 e. The molecule has 0 aliphatic heterocycles. The van der Waals surface area contributed by atoms with Gasteiger partial charge in [-0.3, -0.25) is 4.79 Å². The Labute approximate surface area is 190 Å². The fourth-order valence-corrected chi connectivity index (χ4v) is 3.57. The molecule has 0 saturated heterocycles. The Morgan fingerprint density at radius 1 is 1.19 bits per heavy atom. The molecule has 164 valence electrons. The van der Waals surface area contributed by atoms with Gasteiger partial charge in [-0.1, -0.05) is 35.0 Å². The molecular weight excluding hydrogens is 473 g/mol. The summed E-state index contributed by atoms with van der Waals surface area (Å²) in [7, 11) is 1.75. The predicted octanol–water partition coefficient (Wildman–Crippen LogP) is 5.03. The first-order valence-electron chi connectivity index (χ1n) is 8.75. The first-order valence-corrected chi connectivity index (χ1v) is 10.5. The van der Waals surface area contributed by atoms with Crippen LogP contribution >= 0.6 is 35.0 Å². The Hall–Kier alpha value is -2.56. The molecule has 3 aromatic rings. The van der Waals surface area contributed by atoms with Gasteiger partial charge in [-0.15, -0.1) is 10.2 Å². The van der Waals surface area contributed by atoms with Crippen LogP contribution in [-0.4, -0.2) is 33.0 Å². The number of ether oxygens (including phenoxy) is 2. The standard InChI is InChI=1S/C19H16Cl2F2N4O3S/c1-27-16(9-29-15-7-2-11(20)8-14(15)21)25-26-19(27)31-10-17(28)24-12-3-5-13(6-4-12)30-18(22)23/h2-8,18H,9-10H2,1H3,(H,24,28). The Morgan fingerprint density at radius 3 is 2.61 bits per heavy atom. The molecule has 3 rings (SSSR count). The van der Waals surface area contributed by atoms with E-state index >= 15 is 0 Å². The van der Waals surface area contributed by atoms with Gasteiger partial charge in [-0.25, -0.2) is 0 Å². The highest BCUT2D eigenvalue weighted by Crippen LogP contribution is 2.28. The van der Waals surface area contributed by atoms with E-state index in [1.54, 1.807) is 29.8 Å². The number of halogens is 4. The van der Waals surface area contributed by atoms with E-state index in [0.29, 0.717) is 32.5 Å². The first kappa shape index (κ1) is 23.1. The van der Waals surface area contributed by atoms with Crippen LogP contribution in [0.1, 0.15) is 5.82 Å². The molecular formula is C19H16Cl2F2N4O3S. The molecule has 31 heavy (non-hydrogen) atoms. The predicted molar refractivity (Wildman–Crippen MR) is 114 cm³/mol. The van der Waals surface area contributed by atoms with Gasteiger partial charge in [0.05, 0.1) is 10.8 Å². The third kappa shape index (κ3) is 6.71. The summed E-state index contributed by atoms with van der Waals surface area (Å²) in [5, 5.41) is 12.2. The molecule has 0 spiro atoms. The van der Waals surface area contributed by atoms with Crippen LogP contribution in [0.2, 0.25) is 10.0 Å². The maximum Gasteiger partial charge on any atom is 0.387 e. The number of nitrogens with one attached hydrogen (secondary N) is 1. The Kier molecular flexibility index (Phi) is 7.94. The molecule has 1 N–H and O–H groups in total. The fraction of sp³-hybridized carbons (Fsp3) is 0.211. The van der Waals surface area contributed by atoms with Crippen LogP contribution in [-0.2, 0) is 18.4 Å². The van der Waals surface area contributed by atoms with Crippen molar-refractivity contribution in [3.8, 4) is 11.5 Å². The maximum absolute atomic E-state index is 12.2. The summed E-state index contributed by atoms with van der Waals surface area (Å²) in [5.74, 6) is 0.805. The number of carbonyl (C=O) groups excluding carboxylic acids is 1. The van der Waals surface area contributed by atoms with Crippen molar-refractivity contribution >= 4 is 46.6 Å². The number of hydrogen-bond donors (Lipinski definition) is 1. The maximum atomic E-state index is 12.2. The summed E-state index contributed by atoms with van der Waals surface area (Å²) in [5.41, 5.74) is 0.458. The lowest BCUT2D eigenvalue weighted by molar-refractivity contribution is -0.113. The lowest BCUT2D eigenvalue weighted by Gasteiger charge is -2.09. The zero-order valence-corrected chi connectivity index (χ0v) is 18.3. The van der Waals surface area contributed by atoms with E-state index in [0.717, 1.165) is 0 Å². The third-order valence-electron chi connectivity index (χ3n) is 3.87. The average molecular weight is 489 g/mol. The van der Waals surface area contributed by atoms with Crippen LogP contribution in [0, 0.1) is 0 Å². The second kappa shape index (κ2) is 10.7. The van der Waals surface area contributed by atoms with Crippen LogP contribution in [0.15, 0.2) is 47.6 Å². The van der Waals surface area contributed by atoms with Gasteiger partial charge in [0, 0.05) is 17.8 Å². The third-order valence-corrected chi connectivity index (χ3v) is 5.42. The quantitative estimate of drug-likeness (QED) is 0.425. The Bertz CT molecular complexity index is 1050. The van der Waals surface area contributed by atoms with E-state index in [9.17, 15) is 13.6 Å². The highest BCUT2D eigenvalue weighted by Gasteiger charge is 2.13. The molecule has 0 unspecified atom stereocenters. The molecule has 12 heteroatoms. The van der Waals surface area contributed by atoms with Crippen LogP contribution in [0.3, 0.4) is 0 Å². The van der Waals surface area contributed by atoms with Crippen molar-refractivity contribution in [3.05, 3.63) is 58.3 Å². The number of amides is 1. The van der Waals surface area contributed by atoms with Crippen molar-refractivity contribution in [3.63, 3.8) is 0 Å². The SMILES string of the molecule is Cn1c(COc2ccc(Cl)cc2Cl)nnc1SCC(=O)Nc1ccc(OC(F)F)cc1. The van der Waals surface area contributed by atoms with Crippen molar-refractivity contribution in [1.82, 2.24) is 14.8 Å². The topological polar surface area (TPSA) is 78.3 Å². The monoisotopic (exact) mass is 488 g/mol. The van der Waals surface area contributed by atoms with Gasteiger partial charge in [0.2, 0.25) is 5.91 Å². The second-order valence-electron chi connectivity index (χ2n) is 6.06. The van der Waals surface area contributed by atoms with E-state index in [2.05, 4.69) is 20.3 Å². The van der Waals surface area contributed by atoms with Gasteiger partial charge >= 0.3 is 6.61 Å². The van der Waals surface area contributed by atoms with Crippen molar-refractivity contribution < 1.29 is 23.0 Å². The molecule has 7 nitrogen and oxygen atoms in total. The average Bonchev–Trinajstić information content (AvgIpc) is 3.06. The number of benzene rings is 2. The van der Waals surface area contributed by atoms with Crippen LogP contribution < -0.4 is 14.8 Å². The molecule has 1 heterocycles. The van der Waals surface area contributed by atoms with Crippen molar-refractivity contribution in [2.45, 2.75) is 18.4 Å². The minimum Gasteiger partial charge on any atom is -0.484 e. The van der Waals surface area contributed by atoms with Gasteiger partial charge in [-0.2, -0.15) is 8.78 Å². The number of anilines is 1. The zero-order valence-electron chi connectivity index (χ0n) is 16.0. The Morgan fingerprint density at radius 2 is 1.94 bits per heavy atom. The summed E-state index contributed by atoms with van der Waals surface area (Å²) < 4.78 is 36.0. The molecule has 1 amide bonds. The molecule has 1 aromatic heterocycles. The summed E-state index contributed by atoms with van der Waals surface area (Å²) in [6.07, 6.45) is 0. The van der Waals surface area contributed by atoms with Crippen LogP contribution in [0.25, 0.3) is 0 Å². The number of hydrogen-bond acceptors (Lipinski definition) is 6.